The van der Waals surface area contributed by atoms with E-state index in [0.29, 0.717) is 23.8 Å². The number of hydrogen-bond donors (Lipinski definition) is 4. The zero-order valence-corrected chi connectivity index (χ0v) is 22.2. The number of hydrazine groups is 1. The van der Waals surface area contributed by atoms with Gasteiger partial charge in [-0.25, -0.2) is 5.84 Å². The minimum atomic E-state index is -4.54. The number of carbonyl (C=O) groups is 1. The molecule has 1 aliphatic rings. The summed E-state index contributed by atoms with van der Waals surface area (Å²) in [5.74, 6) is 5.71. The van der Waals surface area contributed by atoms with Crippen LogP contribution in [0.1, 0.15) is 63.6 Å². The number of hydrogen-bond acceptors (Lipinski definition) is 6. The molecule has 1 aromatic heterocycles. The molecule has 0 bridgehead atoms. The summed E-state index contributed by atoms with van der Waals surface area (Å²) in [7, 11) is 1.83. The minimum Gasteiger partial charge on any atom is -0.322 e. The monoisotopic (exact) mass is 541 g/mol. The molecule has 208 valence electrons. The van der Waals surface area contributed by atoms with Crippen LogP contribution in [0.3, 0.4) is 0 Å². The van der Waals surface area contributed by atoms with E-state index in [1.165, 1.54) is 5.01 Å². The fourth-order valence-electron chi connectivity index (χ4n) is 4.35. The van der Waals surface area contributed by atoms with Crippen molar-refractivity contribution in [3.05, 3.63) is 88.4 Å². The Balaban J connectivity index is 1.51. The van der Waals surface area contributed by atoms with Crippen LogP contribution in [0.2, 0.25) is 0 Å². The van der Waals surface area contributed by atoms with Crippen LogP contribution < -0.4 is 27.2 Å². The van der Waals surface area contributed by atoms with Gasteiger partial charge in [-0.1, -0.05) is 12.5 Å². The fourth-order valence-corrected chi connectivity index (χ4v) is 4.35. The molecular weight excluding hydrogens is 507 g/mol. The highest BCUT2D eigenvalue weighted by atomic mass is 19.4. The van der Waals surface area contributed by atoms with Crippen LogP contribution in [0.5, 0.6) is 0 Å². The largest absolute Gasteiger partial charge is 0.416 e. The number of amides is 1. The van der Waals surface area contributed by atoms with Gasteiger partial charge in [-0.3, -0.25) is 14.5 Å². The number of carbonyl (C=O) groups excluding carboxylic acids is 1. The molecule has 0 radical (unpaired) electrons. The molecule has 8 nitrogen and oxygen atoms in total. The van der Waals surface area contributed by atoms with Gasteiger partial charge >= 0.3 is 6.18 Å². The lowest BCUT2D eigenvalue weighted by Gasteiger charge is -2.26. The Labute approximate surface area is 225 Å². The third-order valence-corrected chi connectivity index (χ3v) is 7.11. The summed E-state index contributed by atoms with van der Waals surface area (Å²) < 4.78 is 42.4. The maximum atomic E-state index is 13.6. The van der Waals surface area contributed by atoms with Gasteiger partial charge in [0.15, 0.2) is 0 Å². The lowest BCUT2D eigenvalue weighted by molar-refractivity contribution is -0.137. The van der Waals surface area contributed by atoms with Crippen molar-refractivity contribution in [1.29, 1.82) is 0 Å². The predicted molar refractivity (Wildman–Crippen MR) is 146 cm³/mol. The number of nitrogens with two attached hydrogens (primary N) is 2. The second-order valence-electron chi connectivity index (χ2n) is 9.96. The molecule has 11 heteroatoms. The summed E-state index contributed by atoms with van der Waals surface area (Å²) in [5, 5.41) is 11.4. The Morgan fingerprint density at radius 3 is 2.59 bits per heavy atom. The van der Waals surface area contributed by atoms with E-state index in [-0.39, 0.29) is 11.3 Å². The first-order chi connectivity index (χ1) is 18.4. The van der Waals surface area contributed by atoms with Gasteiger partial charge in [0.05, 0.1) is 23.5 Å². The van der Waals surface area contributed by atoms with Crippen LogP contribution in [0, 0.1) is 13.8 Å². The average molecular weight is 542 g/mol. The van der Waals surface area contributed by atoms with Gasteiger partial charge in [0.1, 0.15) is 0 Å². The maximum absolute atomic E-state index is 13.6. The highest BCUT2D eigenvalue weighted by molar-refractivity contribution is 6.05. The lowest BCUT2D eigenvalue weighted by atomic mass is 9.93. The first-order valence-corrected chi connectivity index (χ1v) is 12.7. The molecular formula is C28H34F3N7O. The molecule has 0 spiro atoms. The molecule has 1 saturated carbocycles. The Morgan fingerprint density at radius 1 is 1.23 bits per heavy atom. The number of anilines is 2. The van der Waals surface area contributed by atoms with Crippen LogP contribution >= 0.6 is 0 Å². The third kappa shape index (κ3) is 6.86. The van der Waals surface area contributed by atoms with Crippen molar-refractivity contribution in [2.24, 2.45) is 18.6 Å². The molecule has 1 atom stereocenters. The van der Waals surface area contributed by atoms with Crippen LogP contribution in [0.15, 0.2) is 54.9 Å². The van der Waals surface area contributed by atoms with Crippen LogP contribution in [-0.2, 0) is 19.8 Å². The van der Waals surface area contributed by atoms with Gasteiger partial charge in [-0.05, 0) is 74.2 Å². The van der Waals surface area contributed by atoms with Gasteiger partial charge in [-0.15, -0.1) is 0 Å². The number of aromatic nitrogens is 2. The minimum absolute atomic E-state index is 0.0738. The Morgan fingerprint density at radius 2 is 1.97 bits per heavy atom. The Kier molecular flexibility index (Phi) is 8.43. The molecule has 0 aliphatic heterocycles. The van der Waals surface area contributed by atoms with Crippen LogP contribution in [-0.4, -0.2) is 21.7 Å². The molecule has 3 aromatic rings. The number of aryl methyl sites for hydroxylation is 2. The van der Waals surface area contributed by atoms with Crippen molar-refractivity contribution in [2.45, 2.75) is 57.9 Å². The first-order valence-electron chi connectivity index (χ1n) is 12.7. The molecule has 39 heavy (non-hydrogen) atoms. The normalized spacial score (nSPS) is 14.9. The summed E-state index contributed by atoms with van der Waals surface area (Å²) in [6.07, 6.45) is 3.64. The number of rotatable bonds is 9. The van der Waals surface area contributed by atoms with E-state index in [4.69, 9.17) is 11.6 Å². The molecule has 1 unspecified atom stereocenters. The summed E-state index contributed by atoms with van der Waals surface area (Å²) >= 11 is 0. The molecule has 1 heterocycles. The SMILES string of the molecule is Cc1ccc(C(=O)Nc2cc(CNC3CCC3)cc(C(F)(F)F)c2)cc1N(N)C=CC(N)c1cnn(C)c1C. The predicted octanol–water partition coefficient (Wildman–Crippen LogP) is 4.84. The number of benzene rings is 2. The highest BCUT2D eigenvalue weighted by Crippen LogP contribution is 2.32. The number of nitrogens with one attached hydrogen (secondary N) is 2. The van der Waals surface area contributed by atoms with Crippen molar-refractivity contribution >= 4 is 17.3 Å². The smallest absolute Gasteiger partial charge is 0.322 e. The van der Waals surface area contributed by atoms with E-state index >= 15 is 0 Å². The van der Waals surface area contributed by atoms with E-state index in [0.717, 1.165) is 48.2 Å². The highest BCUT2D eigenvalue weighted by Gasteiger charge is 2.31. The van der Waals surface area contributed by atoms with Gasteiger partial charge in [0.25, 0.3) is 5.91 Å². The quantitative estimate of drug-likeness (QED) is 0.228. The van der Waals surface area contributed by atoms with Gasteiger partial charge in [0, 0.05) is 48.3 Å². The van der Waals surface area contributed by atoms with Crippen LogP contribution in [0.25, 0.3) is 0 Å². The van der Waals surface area contributed by atoms with Gasteiger partial charge in [0.2, 0.25) is 0 Å². The number of alkyl halides is 3. The van der Waals surface area contributed by atoms with Crippen molar-refractivity contribution in [2.75, 3.05) is 10.3 Å². The van der Waals surface area contributed by atoms with E-state index in [9.17, 15) is 18.0 Å². The topological polar surface area (TPSA) is 114 Å². The number of nitrogens with zero attached hydrogens (tertiary/aromatic N) is 3. The van der Waals surface area contributed by atoms with E-state index < -0.39 is 23.7 Å². The molecule has 2 aromatic carbocycles. The Hall–Kier alpha value is -3.67. The number of halogens is 3. The van der Waals surface area contributed by atoms with E-state index in [1.54, 1.807) is 47.4 Å². The fraction of sp³-hybridized carbons (Fsp3) is 0.357. The lowest BCUT2D eigenvalue weighted by Crippen LogP contribution is -2.34. The summed E-state index contributed by atoms with van der Waals surface area (Å²) in [6.45, 7) is 4.05. The molecule has 1 aliphatic carbocycles. The second kappa shape index (κ2) is 11.6. The zero-order chi connectivity index (χ0) is 28.3. The first kappa shape index (κ1) is 28.3. The standard InChI is InChI=1S/C28H34F3N7O/c1-17-7-8-20(13-26(17)38(33)10-9-25(32)24-16-35-37(3)18(24)2)27(39)36-23-12-19(15-34-22-5-4-6-22)11-21(14-23)28(29,30)31/h7-14,16,22,25,34H,4-6,15,32-33H2,1-3H3,(H,36,39). The molecule has 6 N–H and O–H groups in total. The molecule has 4 rings (SSSR count). The van der Waals surface area contributed by atoms with Gasteiger partial charge < -0.3 is 16.4 Å². The average Bonchev–Trinajstić information content (AvgIpc) is 3.19. The summed E-state index contributed by atoms with van der Waals surface area (Å²) in [4.78, 5) is 13.1. The Bertz CT molecular complexity index is 1360. The summed E-state index contributed by atoms with van der Waals surface area (Å²) in [5.41, 5.74) is 9.37. The van der Waals surface area contributed by atoms with Crippen molar-refractivity contribution in [1.82, 2.24) is 15.1 Å². The molecule has 0 saturated heterocycles. The molecule has 1 fully saturated rings. The zero-order valence-electron chi connectivity index (χ0n) is 22.2. The van der Waals surface area contributed by atoms with Crippen molar-refractivity contribution < 1.29 is 18.0 Å². The van der Waals surface area contributed by atoms with Gasteiger partial charge in [-0.2, -0.15) is 18.3 Å². The van der Waals surface area contributed by atoms with E-state index in [2.05, 4.69) is 15.7 Å². The van der Waals surface area contributed by atoms with Crippen molar-refractivity contribution in [3.63, 3.8) is 0 Å². The maximum Gasteiger partial charge on any atom is 0.416 e. The summed E-state index contributed by atoms with van der Waals surface area (Å²) in [6, 6.07) is 8.41. The van der Waals surface area contributed by atoms with E-state index in [1.807, 2.05) is 20.9 Å². The van der Waals surface area contributed by atoms with Crippen molar-refractivity contribution in [3.8, 4) is 0 Å². The second-order valence-corrected chi connectivity index (χ2v) is 9.96. The molecule has 1 amide bonds. The van der Waals surface area contributed by atoms with Crippen LogP contribution in [0.4, 0.5) is 24.5 Å². The third-order valence-electron chi connectivity index (χ3n) is 7.11.